The molecule has 6 heteroatoms. The molecule has 0 atom stereocenters. The summed E-state index contributed by atoms with van der Waals surface area (Å²) in [6.07, 6.45) is 0. The van der Waals surface area contributed by atoms with Crippen molar-refractivity contribution in [2.75, 3.05) is 20.3 Å². The van der Waals surface area contributed by atoms with Gasteiger partial charge < -0.3 is 19.4 Å². The molecule has 1 aromatic rings. The van der Waals surface area contributed by atoms with E-state index in [-0.39, 0.29) is 6.54 Å². The summed E-state index contributed by atoms with van der Waals surface area (Å²) >= 11 is 6.03. The van der Waals surface area contributed by atoms with E-state index >= 15 is 0 Å². The van der Waals surface area contributed by atoms with Crippen molar-refractivity contribution in [2.45, 2.75) is 6.54 Å². The van der Waals surface area contributed by atoms with Crippen LogP contribution in [0.15, 0.2) is 6.07 Å². The molecule has 1 heterocycles. The molecule has 0 fully saturated rings. The van der Waals surface area contributed by atoms with Gasteiger partial charge in [-0.05, 0) is 0 Å². The van der Waals surface area contributed by atoms with Gasteiger partial charge in [-0.1, -0.05) is 11.6 Å². The van der Waals surface area contributed by atoms with Gasteiger partial charge in [-0.15, -0.1) is 0 Å². The topological polar surface area (TPSA) is 60.0 Å². The molecule has 5 nitrogen and oxygen atoms in total. The Hall–Kier alpha value is -1.17. The highest BCUT2D eigenvalue weighted by atomic mass is 35.5. The van der Waals surface area contributed by atoms with Crippen LogP contribution in [0.25, 0.3) is 0 Å². The molecule has 0 aliphatic carbocycles. The molecule has 1 aromatic carbocycles. The van der Waals surface area contributed by atoms with E-state index in [1.54, 1.807) is 6.07 Å². The van der Waals surface area contributed by atoms with Crippen molar-refractivity contribution in [2.24, 2.45) is 0 Å². The lowest BCUT2D eigenvalue weighted by atomic mass is 10.1. The van der Waals surface area contributed by atoms with Gasteiger partial charge in [-0.25, -0.2) is 5.48 Å². The zero-order chi connectivity index (χ0) is 11.5. The van der Waals surface area contributed by atoms with Gasteiger partial charge in [0.2, 0.25) is 0 Å². The Morgan fingerprint density at radius 3 is 2.94 bits per heavy atom. The smallest absolute Gasteiger partial charge is 0.169 e. The van der Waals surface area contributed by atoms with Gasteiger partial charge in [0.05, 0.1) is 24.2 Å². The first-order valence-corrected chi connectivity index (χ1v) is 5.17. The lowest BCUT2D eigenvalue weighted by Crippen LogP contribution is -2.19. The Morgan fingerprint density at radius 2 is 2.25 bits per heavy atom. The van der Waals surface area contributed by atoms with E-state index in [4.69, 9.17) is 31.0 Å². The standard InChI is InChI=1S/C10H12ClNO4/c1-14-9-6(5-12-13)10-8(4-7(9)11)15-2-3-16-10/h4,12-13H,2-3,5H2,1H3. The fourth-order valence-corrected chi connectivity index (χ4v) is 1.95. The Bertz CT molecular complexity index is 397. The molecule has 0 radical (unpaired) electrons. The van der Waals surface area contributed by atoms with Crippen molar-refractivity contribution in [3.05, 3.63) is 16.7 Å². The Kier molecular flexibility index (Phi) is 3.38. The third-order valence-corrected chi connectivity index (χ3v) is 2.57. The number of benzene rings is 1. The van der Waals surface area contributed by atoms with Crippen LogP contribution in [0.1, 0.15) is 5.56 Å². The summed E-state index contributed by atoms with van der Waals surface area (Å²) in [7, 11) is 1.51. The molecular formula is C10H12ClNO4. The minimum absolute atomic E-state index is 0.176. The quantitative estimate of drug-likeness (QED) is 0.792. The second-order valence-electron chi connectivity index (χ2n) is 3.23. The lowest BCUT2D eigenvalue weighted by Gasteiger charge is -2.23. The van der Waals surface area contributed by atoms with Gasteiger partial charge in [-0.3, -0.25) is 0 Å². The first-order chi connectivity index (χ1) is 7.77. The summed E-state index contributed by atoms with van der Waals surface area (Å²) in [6, 6.07) is 1.65. The van der Waals surface area contributed by atoms with E-state index in [9.17, 15) is 0 Å². The maximum absolute atomic E-state index is 8.79. The van der Waals surface area contributed by atoms with E-state index in [1.165, 1.54) is 7.11 Å². The number of fused-ring (bicyclic) bond motifs is 1. The van der Waals surface area contributed by atoms with Gasteiger partial charge >= 0.3 is 0 Å². The third kappa shape index (κ3) is 1.89. The summed E-state index contributed by atoms with van der Waals surface area (Å²) in [4.78, 5) is 0. The van der Waals surface area contributed by atoms with Gasteiger partial charge in [0.1, 0.15) is 19.0 Å². The van der Waals surface area contributed by atoms with Crippen molar-refractivity contribution in [3.8, 4) is 17.2 Å². The maximum atomic E-state index is 8.79. The zero-order valence-corrected chi connectivity index (χ0v) is 9.50. The first kappa shape index (κ1) is 11.3. The Balaban J connectivity index is 2.54. The van der Waals surface area contributed by atoms with Crippen LogP contribution in [-0.2, 0) is 6.54 Å². The fourth-order valence-electron chi connectivity index (χ4n) is 1.66. The highest BCUT2D eigenvalue weighted by molar-refractivity contribution is 6.32. The van der Waals surface area contributed by atoms with Crippen LogP contribution in [0.3, 0.4) is 0 Å². The van der Waals surface area contributed by atoms with Gasteiger partial charge in [0, 0.05) is 6.07 Å². The zero-order valence-electron chi connectivity index (χ0n) is 8.75. The van der Waals surface area contributed by atoms with Crippen molar-refractivity contribution in [3.63, 3.8) is 0 Å². The van der Waals surface area contributed by atoms with Crippen LogP contribution in [0.4, 0.5) is 0 Å². The minimum Gasteiger partial charge on any atom is -0.495 e. The number of nitrogens with one attached hydrogen (secondary N) is 1. The monoisotopic (exact) mass is 245 g/mol. The van der Waals surface area contributed by atoms with Crippen LogP contribution in [0.5, 0.6) is 17.2 Å². The van der Waals surface area contributed by atoms with Gasteiger partial charge in [0.25, 0.3) is 0 Å². The van der Waals surface area contributed by atoms with Crippen molar-refractivity contribution in [1.82, 2.24) is 5.48 Å². The van der Waals surface area contributed by atoms with Crippen molar-refractivity contribution in [1.29, 1.82) is 0 Å². The second-order valence-corrected chi connectivity index (χ2v) is 3.64. The van der Waals surface area contributed by atoms with Crippen LogP contribution in [0.2, 0.25) is 5.02 Å². The molecule has 16 heavy (non-hydrogen) atoms. The molecule has 88 valence electrons. The van der Waals surface area contributed by atoms with Gasteiger partial charge in [-0.2, -0.15) is 0 Å². The number of hydroxylamine groups is 1. The van der Waals surface area contributed by atoms with Gasteiger partial charge in [0.15, 0.2) is 11.5 Å². The Labute approximate surface area is 97.8 Å². The SMILES string of the molecule is COc1c(Cl)cc2c(c1CNO)OCCO2. The van der Waals surface area contributed by atoms with E-state index < -0.39 is 0 Å². The molecule has 1 aliphatic rings. The number of halogens is 1. The number of methoxy groups -OCH3 is 1. The normalized spacial score (nSPS) is 13.7. The van der Waals surface area contributed by atoms with E-state index in [2.05, 4.69) is 5.48 Å². The summed E-state index contributed by atoms with van der Waals surface area (Å²) in [5.74, 6) is 1.61. The highest BCUT2D eigenvalue weighted by Gasteiger charge is 2.22. The summed E-state index contributed by atoms with van der Waals surface area (Å²) in [6.45, 7) is 1.13. The molecule has 0 aromatic heterocycles. The molecular weight excluding hydrogens is 234 g/mol. The van der Waals surface area contributed by atoms with Crippen LogP contribution in [0, 0.1) is 0 Å². The fraction of sp³-hybridized carbons (Fsp3) is 0.400. The van der Waals surface area contributed by atoms with E-state index in [0.29, 0.717) is 41.0 Å². The maximum Gasteiger partial charge on any atom is 0.169 e. The third-order valence-electron chi connectivity index (χ3n) is 2.29. The molecule has 2 rings (SSSR count). The summed E-state index contributed by atoms with van der Waals surface area (Å²) < 4.78 is 16.1. The number of ether oxygens (including phenoxy) is 3. The van der Waals surface area contributed by atoms with Crippen molar-refractivity contribution >= 4 is 11.6 Å². The van der Waals surface area contributed by atoms with Crippen LogP contribution in [-0.4, -0.2) is 25.5 Å². The van der Waals surface area contributed by atoms with Crippen LogP contribution >= 0.6 is 11.6 Å². The number of hydrogen-bond donors (Lipinski definition) is 2. The Morgan fingerprint density at radius 1 is 1.50 bits per heavy atom. The van der Waals surface area contributed by atoms with Crippen LogP contribution < -0.4 is 19.7 Å². The average Bonchev–Trinajstić information content (AvgIpc) is 2.29. The summed E-state index contributed by atoms with van der Waals surface area (Å²) in [5.41, 5.74) is 2.71. The van der Waals surface area contributed by atoms with Crippen molar-refractivity contribution < 1.29 is 19.4 Å². The lowest BCUT2D eigenvalue weighted by molar-refractivity contribution is 0.148. The first-order valence-electron chi connectivity index (χ1n) is 4.80. The molecule has 0 unspecified atom stereocenters. The highest BCUT2D eigenvalue weighted by Crippen LogP contribution is 2.43. The molecule has 0 bridgehead atoms. The molecule has 0 saturated heterocycles. The molecule has 0 amide bonds. The second kappa shape index (κ2) is 4.78. The van der Waals surface area contributed by atoms with E-state index in [0.717, 1.165) is 0 Å². The predicted molar refractivity (Wildman–Crippen MR) is 57.6 cm³/mol. The summed E-state index contributed by atoms with van der Waals surface area (Å²) in [5, 5.41) is 9.21. The molecule has 2 N–H and O–H groups in total. The van der Waals surface area contributed by atoms with E-state index in [1.807, 2.05) is 0 Å². The molecule has 1 aliphatic heterocycles. The largest absolute Gasteiger partial charge is 0.495 e. The molecule has 0 saturated carbocycles. The number of rotatable bonds is 3. The predicted octanol–water partition coefficient (Wildman–Crippen LogP) is 1.60. The number of hydrogen-bond acceptors (Lipinski definition) is 5. The molecule has 0 spiro atoms. The minimum atomic E-state index is 0.176. The average molecular weight is 246 g/mol.